The van der Waals surface area contributed by atoms with Gasteiger partial charge in [-0.1, -0.05) is 0 Å². The Hall–Kier alpha value is -6.10. The number of hydrogen-bond acceptors (Lipinski definition) is 3. The fourth-order valence-electron chi connectivity index (χ4n) is 6.86. The first-order chi connectivity index (χ1) is 24.7. The van der Waals surface area contributed by atoms with Crippen molar-refractivity contribution in [2.24, 2.45) is 0 Å². The van der Waals surface area contributed by atoms with Crippen LogP contribution in [-0.2, 0) is 18.3 Å². The van der Waals surface area contributed by atoms with Crippen LogP contribution in [0.25, 0.3) is 68.6 Å². The quantitative estimate of drug-likeness (QED) is 0.183. The average Bonchev–Trinajstić information content (AvgIpc) is 4.00. The van der Waals surface area contributed by atoms with E-state index in [-0.39, 0.29) is 0 Å². The van der Waals surface area contributed by atoms with Gasteiger partial charge in [-0.05, 0) is 0 Å². The molecule has 9 rings (SSSR count). The van der Waals surface area contributed by atoms with Crippen molar-refractivity contribution >= 4 is 61.9 Å². The third kappa shape index (κ3) is 5.40. The van der Waals surface area contributed by atoms with Gasteiger partial charge in [-0.2, -0.15) is 0 Å². The van der Waals surface area contributed by atoms with E-state index < -0.39 is 0 Å². The van der Waals surface area contributed by atoms with Gasteiger partial charge in [0.15, 0.2) is 0 Å². The Balaban J connectivity index is 1.48. The van der Waals surface area contributed by atoms with E-state index in [0.29, 0.717) is 0 Å². The van der Waals surface area contributed by atoms with Crippen LogP contribution in [0, 0.1) is 0 Å². The number of fused-ring (bicyclic) bond motifs is 8. The Morgan fingerprint density at radius 1 is 0.500 bits per heavy atom. The number of nitrogens with one attached hydrogen (secondary N) is 1. The van der Waals surface area contributed by atoms with Crippen molar-refractivity contribution in [1.82, 2.24) is 19.6 Å². The second kappa shape index (κ2) is 12.7. The number of hydrogen-bond donors (Lipinski definition) is 1. The molecule has 7 aromatic rings. The van der Waals surface area contributed by atoms with Gasteiger partial charge in [-0.25, -0.2) is 0 Å². The molecule has 1 N–H and O–H groups in total. The Labute approximate surface area is 300 Å². The van der Waals surface area contributed by atoms with Crippen molar-refractivity contribution in [3.8, 4) is 22.3 Å². The molecule has 3 aromatic heterocycles. The van der Waals surface area contributed by atoms with Crippen LogP contribution in [0.4, 0.5) is 11.4 Å². The molecule has 2 aliphatic rings. The summed E-state index contributed by atoms with van der Waals surface area (Å²) < 4.78 is 3.55. The van der Waals surface area contributed by atoms with Gasteiger partial charge in [0.1, 0.15) is 0 Å². The van der Waals surface area contributed by atoms with E-state index in [2.05, 4.69) is 191 Å². The molecule has 5 nitrogen and oxygen atoms in total. The number of anilines is 2. The fraction of sp³-hybridized carbons (Fsp3) is 0. The van der Waals surface area contributed by atoms with Crippen LogP contribution in [0.3, 0.4) is 0 Å². The van der Waals surface area contributed by atoms with Crippen LogP contribution in [0.5, 0.6) is 0 Å². The van der Waals surface area contributed by atoms with Crippen LogP contribution in [0.2, 0.25) is 0 Å². The minimum absolute atomic E-state index is 0.889. The number of aromatic amines is 1. The second-order valence-electron chi connectivity index (χ2n) is 12.3. The summed E-state index contributed by atoms with van der Waals surface area (Å²) in [5.74, 6) is 0. The Kier molecular flexibility index (Phi) is 7.64. The van der Waals surface area contributed by atoms with Gasteiger partial charge in [-0.15, -0.1) is 0 Å². The topological polar surface area (TPSA) is 49.7 Å². The minimum atomic E-state index is 0.889. The van der Waals surface area contributed by atoms with Crippen molar-refractivity contribution in [2.75, 3.05) is 5.01 Å². The van der Waals surface area contributed by atoms with Gasteiger partial charge >= 0.3 is 302 Å². The third-order valence-corrected chi connectivity index (χ3v) is 10.7. The van der Waals surface area contributed by atoms with Crippen LogP contribution in [0.15, 0.2) is 152 Å². The molecular formula is C44H30N5Zn. The van der Waals surface area contributed by atoms with E-state index in [4.69, 9.17) is 9.97 Å². The van der Waals surface area contributed by atoms with Gasteiger partial charge in [0, 0.05) is 0 Å². The van der Waals surface area contributed by atoms with Crippen molar-refractivity contribution < 1.29 is 18.3 Å². The summed E-state index contributed by atoms with van der Waals surface area (Å²) >= 11 is 0.902. The average molecular weight is 694 g/mol. The van der Waals surface area contributed by atoms with Crippen molar-refractivity contribution in [1.29, 1.82) is 0 Å². The Bertz CT molecular complexity index is 2550. The molecule has 0 saturated heterocycles. The first-order valence-electron chi connectivity index (χ1n) is 16.7. The van der Waals surface area contributed by atoms with Gasteiger partial charge in [0.25, 0.3) is 0 Å². The molecule has 0 fully saturated rings. The van der Waals surface area contributed by atoms with E-state index in [1.165, 1.54) is 4.16 Å². The molecule has 0 aliphatic carbocycles. The summed E-state index contributed by atoms with van der Waals surface area (Å²) in [6.45, 7) is 0. The maximum absolute atomic E-state index is 5.36. The zero-order valence-corrected chi connectivity index (χ0v) is 30.2. The molecule has 6 heteroatoms. The number of nitrogens with zero attached hydrogens (tertiary/aromatic N) is 4. The van der Waals surface area contributed by atoms with E-state index in [1.807, 2.05) is 0 Å². The number of para-hydroxylation sites is 2. The number of benzene rings is 4. The van der Waals surface area contributed by atoms with Gasteiger partial charge in [-0.3, -0.25) is 0 Å². The zero-order chi connectivity index (χ0) is 33.4. The molecule has 0 amide bonds. The molecule has 8 bridgehead atoms. The van der Waals surface area contributed by atoms with Crippen LogP contribution in [0.1, 0.15) is 22.8 Å². The molecule has 0 radical (unpaired) electrons. The standard InChI is InChI=1S/C44H30N5.Zn/c1-5-13-31(14-6-1)43-39-25-21-33(45-39)29-34-22-27-41(46-34)44(32-15-7-2-8-16-32)42-28-24-38(30-35-23-26-40(43)47-35)49(42)48(36-17-9-3-10-18-36)37-19-11-4-12-20-37;/h1-29,45H;. The first-order valence-corrected chi connectivity index (χ1v) is 18.2. The molecule has 0 atom stereocenters. The summed E-state index contributed by atoms with van der Waals surface area (Å²) in [6, 6.07) is 53.1. The van der Waals surface area contributed by atoms with Crippen molar-refractivity contribution in [3.05, 3.63) is 174 Å². The van der Waals surface area contributed by atoms with Crippen molar-refractivity contribution in [3.63, 3.8) is 0 Å². The first kappa shape index (κ1) is 30.0. The SMILES string of the molecule is [Zn][c]1c2nc(c(-c3ccccc3)c3ccc(cc4nc(c(-c5ccccc5)c5ccc1n5N(c1ccccc1)c1ccccc1)C=C4)[nH]3)C=C2. The van der Waals surface area contributed by atoms with Crippen LogP contribution in [-0.4, -0.2) is 19.6 Å². The molecule has 0 spiro atoms. The van der Waals surface area contributed by atoms with E-state index in [0.717, 1.165) is 96.8 Å². The summed E-state index contributed by atoms with van der Waals surface area (Å²) in [4.78, 5) is 14.3. The third-order valence-electron chi connectivity index (χ3n) is 9.15. The molecule has 5 heterocycles. The summed E-state index contributed by atoms with van der Waals surface area (Å²) in [6.07, 6.45) is 8.57. The summed E-state index contributed by atoms with van der Waals surface area (Å²) in [5, 5.41) is 2.31. The van der Waals surface area contributed by atoms with E-state index in [1.54, 1.807) is 0 Å². The second-order valence-corrected chi connectivity index (χ2v) is 13.8. The summed E-state index contributed by atoms with van der Waals surface area (Å²) in [7, 11) is 0. The molecule has 50 heavy (non-hydrogen) atoms. The number of aromatic nitrogens is 4. The Morgan fingerprint density at radius 3 is 1.70 bits per heavy atom. The van der Waals surface area contributed by atoms with Gasteiger partial charge in [0.05, 0.1) is 0 Å². The van der Waals surface area contributed by atoms with E-state index >= 15 is 0 Å². The predicted molar refractivity (Wildman–Crippen MR) is 203 cm³/mol. The molecule has 2 aliphatic heterocycles. The Morgan fingerprint density at radius 2 is 1.04 bits per heavy atom. The monoisotopic (exact) mass is 692 g/mol. The van der Waals surface area contributed by atoms with Crippen LogP contribution >= 0.6 is 0 Å². The fourth-order valence-corrected chi connectivity index (χ4v) is 7.83. The van der Waals surface area contributed by atoms with Crippen LogP contribution < -0.4 is 9.17 Å². The number of rotatable bonds is 5. The van der Waals surface area contributed by atoms with Gasteiger partial charge in [0.2, 0.25) is 0 Å². The molecule has 233 valence electrons. The van der Waals surface area contributed by atoms with E-state index in [9.17, 15) is 0 Å². The number of H-pyrrole nitrogens is 1. The maximum atomic E-state index is 5.36. The molecule has 0 unspecified atom stereocenters. The summed E-state index contributed by atoms with van der Waals surface area (Å²) in [5.41, 5.74) is 14.2. The van der Waals surface area contributed by atoms with Crippen molar-refractivity contribution in [2.45, 2.75) is 0 Å². The van der Waals surface area contributed by atoms with Gasteiger partial charge < -0.3 is 0 Å². The predicted octanol–water partition coefficient (Wildman–Crippen LogP) is 10.2. The molecular weight excluding hydrogens is 664 g/mol. The normalized spacial score (nSPS) is 12.0. The molecule has 4 aromatic carbocycles. The molecule has 0 saturated carbocycles. The zero-order valence-electron chi connectivity index (χ0n) is 27.2.